The number of para-hydroxylation sites is 1. The van der Waals surface area contributed by atoms with Gasteiger partial charge in [-0.05, 0) is 67.1 Å². The number of hydrogen-bond donors (Lipinski definition) is 2. The molecule has 222 valence electrons. The van der Waals surface area contributed by atoms with Crippen LogP contribution in [0.2, 0.25) is 0 Å². The van der Waals surface area contributed by atoms with Gasteiger partial charge in [0.2, 0.25) is 11.8 Å². The molecule has 2 N–H and O–H groups in total. The molecule has 7 heteroatoms. The monoisotopic (exact) mass is 568 g/mol. The number of nitrogens with zero attached hydrogens (tertiary/aromatic N) is 2. The lowest BCUT2D eigenvalue weighted by Gasteiger charge is -2.38. The first kappa shape index (κ1) is 30.8. The Kier molecular flexibility index (Phi) is 11.6. The van der Waals surface area contributed by atoms with E-state index in [0.717, 1.165) is 67.7 Å². The average molecular weight is 569 g/mol. The van der Waals surface area contributed by atoms with Gasteiger partial charge >= 0.3 is 0 Å². The number of fused-ring (bicyclic) bond motifs is 1. The third-order valence-corrected chi connectivity index (χ3v) is 7.83. The van der Waals surface area contributed by atoms with Crippen molar-refractivity contribution in [3.05, 3.63) is 96.2 Å². The van der Waals surface area contributed by atoms with E-state index in [4.69, 9.17) is 4.74 Å². The molecule has 2 amide bonds. The van der Waals surface area contributed by atoms with E-state index >= 15 is 0 Å². The standard InChI is InChI=1S/C22H28N2O.C13H16N2O2/c1-2-22(25)24(20-11-7-4-8-12-20)21-14-17-23(18-15-21)16-13-19-9-5-3-6-10-19;1-9(16)14-6-5-10-8-15-13-4-3-11(17-2)7-12(10)13/h3-12,21H,2,13-18H2,1H3;3-4,7-8,15H,5-6H2,1-2H3,(H,14,16). The van der Waals surface area contributed by atoms with Gasteiger partial charge < -0.3 is 24.8 Å². The molecule has 0 radical (unpaired) electrons. The van der Waals surface area contributed by atoms with Crippen molar-refractivity contribution in [2.45, 2.75) is 52.0 Å². The normalized spacial score (nSPS) is 13.7. The summed E-state index contributed by atoms with van der Waals surface area (Å²) in [4.78, 5) is 31.1. The molecule has 7 nitrogen and oxygen atoms in total. The van der Waals surface area contributed by atoms with Crippen LogP contribution in [-0.4, -0.2) is 61.0 Å². The molecule has 1 fully saturated rings. The van der Waals surface area contributed by atoms with E-state index in [9.17, 15) is 9.59 Å². The zero-order valence-corrected chi connectivity index (χ0v) is 25.1. The highest BCUT2D eigenvalue weighted by Crippen LogP contribution is 2.25. The Labute approximate surface area is 249 Å². The molecule has 0 spiro atoms. The maximum Gasteiger partial charge on any atom is 0.226 e. The van der Waals surface area contributed by atoms with Crippen molar-refractivity contribution in [1.82, 2.24) is 15.2 Å². The van der Waals surface area contributed by atoms with E-state index in [1.165, 1.54) is 18.1 Å². The minimum atomic E-state index is 0.00224. The molecular formula is C35H44N4O3. The SMILES string of the molecule is CCC(=O)N(c1ccccc1)C1CCN(CCc2ccccc2)CC1.COc1ccc2[nH]cc(CCNC(C)=O)c2c1. The Balaban J connectivity index is 0.000000208. The van der Waals surface area contributed by atoms with Crippen molar-refractivity contribution in [2.24, 2.45) is 0 Å². The Morgan fingerprint density at radius 2 is 1.67 bits per heavy atom. The number of hydrogen-bond acceptors (Lipinski definition) is 4. The Morgan fingerprint density at radius 1 is 0.976 bits per heavy atom. The van der Waals surface area contributed by atoms with Crippen LogP contribution in [0, 0.1) is 0 Å². The fourth-order valence-corrected chi connectivity index (χ4v) is 5.51. The zero-order valence-electron chi connectivity index (χ0n) is 25.1. The smallest absolute Gasteiger partial charge is 0.226 e. The van der Waals surface area contributed by atoms with Crippen molar-refractivity contribution in [1.29, 1.82) is 0 Å². The molecule has 0 unspecified atom stereocenters. The molecule has 1 aliphatic heterocycles. The Morgan fingerprint density at radius 3 is 2.31 bits per heavy atom. The highest BCUT2D eigenvalue weighted by molar-refractivity contribution is 5.93. The van der Waals surface area contributed by atoms with Crippen LogP contribution in [0.4, 0.5) is 5.69 Å². The molecule has 3 aromatic carbocycles. The van der Waals surface area contributed by atoms with E-state index in [2.05, 4.69) is 57.7 Å². The molecule has 0 saturated carbocycles. The Hall–Kier alpha value is -4.10. The highest BCUT2D eigenvalue weighted by Gasteiger charge is 2.28. The number of nitrogens with one attached hydrogen (secondary N) is 2. The van der Waals surface area contributed by atoms with Gasteiger partial charge in [-0.25, -0.2) is 0 Å². The molecule has 4 aromatic rings. The molecule has 1 aromatic heterocycles. The van der Waals surface area contributed by atoms with Crippen LogP contribution in [-0.2, 0) is 22.4 Å². The first-order chi connectivity index (χ1) is 20.5. The molecule has 0 aliphatic carbocycles. The summed E-state index contributed by atoms with van der Waals surface area (Å²) in [6, 6.07) is 27.1. The van der Waals surface area contributed by atoms with Crippen molar-refractivity contribution in [2.75, 3.05) is 38.2 Å². The number of likely N-dealkylation sites (tertiary alicyclic amines) is 1. The van der Waals surface area contributed by atoms with Crippen molar-refractivity contribution in [3.8, 4) is 5.75 Å². The summed E-state index contributed by atoms with van der Waals surface area (Å²) >= 11 is 0. The van der Waals surface area contributed by atoms with Gasteiger partial charge in [-0.2, -0.15) is 0 Å². The topological polar surface area (TPSA) is 77.7 Å². The number of aromatic nitrogens is 1. The van der Waals surface area contributed by atoms with E-state index in [1.54, 1.807) is 7.11 Å². The number of carbonyl (C=O) groups is 2. The van der Waals surface area contributed by atoms with Gasteiger partial charge in [-0.3, -0.25) is 9.59 Å². The summed E-state index contributed by atoms with van der Waals surface area (Å²) in [5.74, 6) is 1.08. The summed E-state index contributed by atoms with van der Waals surface area (Å²) in [6.07, 6.45) is 6.55. The van der Waals surface area contributed by atoms with Crippen LogP contribution in [0.15, 0.2) is 85.1 Å². The van der Waals surface area contributed by atoms with E-state index in [1.807, 2.05) is 54.4 Å². The van der Waals surface area contributed by atoms with Gasteiger partial charge in [-0.15, -0.1) is 0 Å². The summed E-state index contributed by atoms with van der Waals surface area (Å²) < 4.78 is 5.21. The summed E-state index contributed by atoms with van der Waals surface area (Å²) in [6.45, 7) is 7.37. The van der Waals surface area contributed by atoms with E-state index in [0.29, 0.717) is 19.0 Å². The van der Waals surface area contributed by atoms with Gasteiger partial charge in [0.05, 0.1) is 7.11 Å². The number of aromatic amines is 1. The van der Waals surface area contributed by atoms with Gasteiger partial charge in [-0.1, -0.05) is 55.5 Å². The predicted molar refractivity (Wildman–Crippen MR) is 171 cm³/mol. The van der Waals surface area contributed by atoms with Gasteiger partial charge in [0.1, 0.15) is 5.75 Å². The number of anilines is 1. The second-order valence-electron chi connectivity index (χ2n) is 10.7. The van der Waals surface area contributed by atoms with Gasteiger partial charge in [0.25, 0.3) is 0 Å². The third kappa shape index (κ3) is 8.70. The van der Waals surface area contributed by atoms with E-state index < -0.39 is 0 Å². The number of rotatable bonds is 10. The number of methoxy groups -OCH3 is 1. The zero-order chi connectivity index (χ0) is 29.7. The maximum absolute atomic E-state index is 12.5. The second kappa shape index (κ2) is 15.8. The Bertz CT molecular complexity index is 1400. The number of carbonyl (C=O) groups excluding carboxylic acids is 2. The molecule has 5 rings (SSSR count). The van der Waals surface area contributed by atoms with Gasteiger partial charge in [0.15, 0.2) is 0 Å². The number of H-pyrrole nitrogens is 1. The van der Waals surface area contributed by atoms with Crippen LogP contribution in [0.5, 0.6) is 5.75 Å². The summed E-state index contributed by atoms with van der Waals surface area (Å²) in [5.41, 5.74) is 4.71. The van der Waals surface area contributed by atoms with Crippen molar-refractivity contribution in [3.63, 3.8) is 0 Å². The van der Waals surface area contributed by atoms with Crippen LogP contribution in [0.1, 0.15) is 44.2 Å². The largest absolute Gasteiger partial charge is 0.497 e. The predicted octanol–water partition coefficient (Wildman–Crippen LogP) is 5.99. The lowest BCUT2D eigenvalue weighted by atomic mass is 10.0. The first-order valence-corrected chi connectivity index (χ1v) is 15.0. The molecule has 1 saturated heterocycles. The minimum absolute atomic E-state index is 0.00224. The van der Waals surface area contributed by atoms with Crippen molar-refractivity contribution < 1.29 is 14.3 Å². The molecule has 1 aliphatic rings. The van der Waals surface area contributed by atoms with Crippen LogP contribution >= 0.6 is 0 Å². The first-order valence-electron chi connectivity index (χ1n) is 15.0. The van der Waals surface area contributed by atoms with Crippen LogP contribution in [0.3, 0.4) is 0 Å². The number of amides is 2. The third-order valence-electron chi connectivity index (χ3n) is 7.83. The van der Waals surface area contributed by atoms with Gasteiger partial charge in [0, 0.05) is 68.4 Å². The fraction of sp³-hybridized carbons (Fsp3) is 0.371. The number of ether oxygens (including phenoxy) is 1. The molecule has 0 bridgehead atoms. The minimum Gasteiger partial charge on any atom is -0.497 e. The fourth-order valence-electron chi connectivity index (χ4n) is 5.51. The van der Waals surface area contributed by atoms with E-state index in [-0.39, 0.29) is 11.8 Å². The molecular weight excluding hydrogens is 524 g/mol. The highest BCUT2D eigenvalue weighted by atomic mass is 16.5. The number of piperidine rings is 1. The number of benzene rings is 3. The maximum atomic E-state index is 12.5. The average Bonchev–Trinajstić information content (AvgIpc) is 3.44. The lowest BCUT2D eigenvalue weighted by Crippen LogP contribution is -2.47. The lowest BCUT2D eigenvalue weighted by molar-refractivity contribution is -0.119. The summed E-state index contributed by atoms with van der Waals surface area (Å²) in [5, 5.41) is 3.94. The second-order valence-corrected chi connectivity index (χ2v) is 10.7. The van der Waals surface area contributed by atoms with Crippen LogP contribution in [0.25, 0.3) is 10.9 Å². The van der Waals surface area contributed by atoms with Crippen LogP contribution < -0.4 is 15.0 Å². The molecule has 42 heavy (non-hydrogen) atoms. The summed E-state index contributed by atoms with van der Waals surface area (Å²) in [7, 11) is 1.66. The molecule has 2 heterocycles. The quantitative estimate of drug-likeness (QED) is 0.246. The van der Waals surface area contributed by atoms with Crippen molar-refractivity contribution >= 4 is 28.4 Å². The molecule has 0 atom stereocenters.